The molecule has 0 spiro atoms. The van der Waals surface area contributed by atoms with E-state index in [1.807, 2.05) is 30.3 Å². The van der Waals surface area contributed by atoms with E-state index in [1.165, 1.54) is 6.26 Å². The average molecular weight is 337 g/mol. The zero-order valence-corrected chi connectivity index (χ0v) is 13.6. The van der Waals surface area contributed by atoms with Crippen molar-refractivity contribution in [2.75, 3.05) is 6.54 Å². The Morgan fingerprint density at radius 2 is 2.04 bits per heavy atom. The van der Waals surface area contributed by atoms with Crippen molar-refractivity contribution >= 4 is 18.3 Å². The summed E-state index contributed by atoms with van der Waals surface area (Å²) in [6, 6.07) is 11.3. The predicted molar refractivity (Wildman–Crippen MR) is 89.8 cm³/mol. The van der Waals surface area contributed by atoms with E-state index in [2.05, 4.69) is 5.32 Å². The Kier molecular flexibility index (Phi) is 6.07. The van der Waals surface area contributed by atoms with Gasteiger partial charge >= 0.3 is 0 Å². The van der Waals surface area contributed by atoms with E-state index in [9.17, 15) is 4.79 Å². The lowest BCUT2D eigenvalue weighted by Gasteiger charge is -2.15. The van der Waals surface area contributed by atoms with Crippen molar-refractivity contribution in [3.63, 3.8) is 0 Å². The van der Waals surface area contributed by atoms with Crippen LogP contribution in [-0.4, -0.2) is 18.5 Å². The van der Waals surface area contributed by atoms with Gasteiger partial charge in [-0.2, -0.15) is 0 Å². The SMILES string of the molecule is Cl.NCC(NC(=O)c1occc1COc1ccccc1)C1CC1. The molecule has 1 fully saturated rings. The van der Waals surface area contributed by atoms with Gasteiger partial charge < -0.3 is 20.2 Å². The number of carbonyl (C=O) groups is 1. The van der Waals surface area contributed by atoms with Crippen LogP contribution in [0.3, 0.4) is 0 Å². The quantitative estimate of drug-likeness (QED) is 0.815. The third-order valence-electron chi connectivity index (χ3n) is 3.85. The van der Waals surface area contributed by atoms with Gasteiger partial charge in [-0.1, -0.05) is 18.2 Å². The molecule has 1 saturated carbocycles. The van der Waals surface area contributed by atoms with Gasteiger partial charge in [0, 0.05) is 18.2 Å². The lowest BCUT2D eigenvalue weighted by molar-refractivity contribution is 0.0902. The summed E-state index contributed by atoms with van der Waals surface area (Å²) in [7, 11) is 0. The lowest BCUT2D eigenvalue weighted by Crippen LogP contribution is -2.41. The first kappa shape index (κ1) is 17.4. The van der Waals surface area contributed by atoms with Crippen LogP contribution in [0.25, 0.3) is 0 Å². The number of para-hydroxylation sites is 1. The van der Waals surface area contributed by atoms with Crippen LogP contribution < -0.4 is 15.8 Å². The molecule has 1 aromatic carbocycles. The normalized spacial score (nSPS) is 14.7. The Morgan fingerprint density at radius 3 is 2.70 bits per heavy atom. The number of nitrogens with two attached hydrogens (primary N) is 1. The number of hydrogen-bond donors (Lipinski definition) is 2. The van der Waals surface area contributed by atoms with Gasteiger partial charge in [0.1, 0.15) is 12.4 Å². The number of halogens is 1. The van der Waals surface area contributed by atoms with Gasteiger partial charge in [-0.15, -0.1) is 12.4 Å². The zero-order valence-electron chi connectivity index (χ0n) is 12.7. The molecule has 0 radical (unpaired) electrons. The Morgan fingerprint density at radius 1 is 1.30 bits per heavy atom. The molecule has 5 nitrogen and oxygen atoms in total. The minimum atomic E-state index is -0.223. The molecule has 0 aliphatic heterocycles. The molecule has 1 aliphatic carbocycles. The Balaban J connectivity index is 0.00000192. The van der Waals surface area contributed by atoms with Gasteiger partial charge in [-0.05, 0) is 37.0 Å². The number of nitrogens with one attached hydrogen (secondary N) is 1. The molecule has 6 heteroatoms. The van der Waals surface area contributed by atoms with Gasteiger partial charge in [0.2, 0.25) is 0 Å². The van der Waals surface area contributed by atoms with E-state index in [-0.39, 0.29) is 24.4 Å². The molecule has 2 aromatic rings. The Labute approximate surface area is 141 Å². The summed E-state index contributed by atoms with van der Waals surface area (Å²) in [5.41, 5.74) is 6.45. The topological polar surface area (TPSA) is 77.5 Å². The van der Waals surface area contributed by atoms with E-state index in [1.54, 1.807) is 6.07 Å². The summed E-state index contributed by atoms with van der Waals surface area (Å²) >= 11 is 0. The first-order chi connectivity index (χ1) is 10.8. The number of carbonyl (C=O) groups excluding carboxylic acids is 1. The van der Waals surface area contributed by atoms with E-state index in [0.29, 0.717) is 24.8 Å². The van der Waals surface area contributed by atoms with Gasteiger partial charge in [-0.3, -0.25) is 4.79 Å². The summed E-state index contributed by atoms with van der Waals surface area (Å²) in [4.78, 5) is 12.3. The minimum absolute atomic E-state index is 0. The predicted octanol–water partition coefficient (Wildman–Crippen LogP) is 2.75. The molecule has 1 aliphatic rings. The molecule has 1 atom stereocenters. The largest absolute Gasteiger partial charge is 0.489 e. The first-order valence-corrected chi connectivity index (χ1v) is 7.53. The summed E-state index contributed by atoms with van der Waals surface area (Å²) in [5.74, 6) is 1.34. The van der Waals surface area contributed by atoms with Gasteiger partial charge in [0.25, 0.3) is 5.91 Å². The molecule has 23 heavy (non-hydrogen) atoms. The molecule has 3 N–H and O–H groups in total. The monoisotopic (exact) mass is 336 g/mol. The summed E-state index contributed by atoms with van der Waals surface area (Å²) in [6.45, 7) is 0.743. The molecule has 124 valence electrons. The molecule has 1 heterocycles. The smallest absolute Gasteiger partial charge is 0.287 e. The van der Waals surface area contributed by atoms with Crippen molar-refractivity contribution in [3.8, 4) is 5.75 Å². The molecule has 0 saturated heterocycles. The number of ether oxygens (including phenoxy) is 1. The van der Waals surface area contributed by atoms with Gasteiger partial charge in [-0.25, -0.2) is 0 Å². The van der Waals surface area contributed by atoms with Crippen LogP contribution in [0.5, 0.6) is 5.75 Å². The molecular weight excluding hydrogens is 316 g/mol. The average Bonchev–Trinajstić information content (AvgIpc) is 3.28. The highest BCUT2D eigenvalue weighted by Crippen LogP contribution is 2.32. The number of rotatable bonds is 7. The number of furan rings is 1. The van der Waals surface area contributed by atoms with Gasteiger partial charge in [0.15, 0.2) is 5.76 Å². The van der Waals surface area contributed by atoms with Crippen molar-refractivity contribution in [2.24, 2.45) is 11.7 Å². The maximum atomic E-state index is 12.3. The molecular formula is C17H21ClN2O3. The van der Waals surface area contributed by atoms with Crippen molar-refractivity contribution in [1.82, 2.24) is 5.32 Å². The van der Waals surface area contributed by atoms with Crippen LogP contribution in [0.4, 0.5) is 0 Å². The maximum Gasteiger partial charge on any atom is 0.287 e. The number of amides is 1. The van der Waals surface area contributed by atoms with Crippen molar-refractivity contribution in [3.05, 3.63) is 54.0 Å². The van der Waals surface area contributed by atoms with Crippen molar-refractivity contribution in [2.45, 2.75) is 25.5 Å². The van der Waals surface area contributed by atoms with Crippen LogP contribution in [0.15, 0.2) is 47.1 Å². The van der Waals surface area contributed by atoms with Crippen LogP contribution in [0.1, 0.15) is 29.0 Å². The standard InChI is InChI=1S/C17H20N2O3.ClH/c18-10-15(12-6-7-12)19-17(20)16-13(8-9-21-16)11-22-14-4-2-1-3-5-14;/h1-5,8-9,12,15H,6-7,10-11,18H2,(H,19,20);1H. The fourth-order valence-electron chi connectivity index (χ4n) is 2.43. The van der Waals surface area contributed by atoms with Gasteiger partial charge in [0.05, 0.1) is 6.26 Å². The fraction of sp³-hybridized carbons (Fsp3) is 0.353. The fourth-order valence-corrected chi connectivity index (χ4v) is 2.43. The zero-order chi connectivity index (χ0) is 15.4. The highest BCUT2D eigenvalue weighted by atomic mass is 35.5. The molecule has 3 rings (SSSR count). The molecule has 0 bridgehead atoms. The third kappa shape index (κ3) is 4.50. The second kappa shape index (κ2) is 8.04. The Hall–Kier alpha value is -1.98. The minimum Gasteiger partial charge on any atom is -0.489 e. The number of benzene rings is 1. The van der Waals surface area contributed by atoms with E-state index >= 15 is 0 Å². The lowest BCUT2D eigenvalue weighted by atomic mass is 10.1. The van der Waals surface area contributed by atoms with Crippen LogP contribution in [0.2, 0.25) is 0 Å². The van der Waals surface area contributed by atoms with E-state index in [0.717, 1.165) is 24.2 Å². The van der Waals surface area contributed by atoms with Crippen LogP contribution in [-0.2, 0) is 6.61 Å². The summed E-state index contributed by atoms with van der Waals surface area (Å²) in [6.07, 6.45) is 3.77. The number of hydrogen-bond acceptors (Lipinski definition) is 4. The summed E-state index contributed by atoms with van der Waals surface area (Å²) in [5, 5.41) is 2.96. The second-order valence-corrected chi connectivity index (χ2v) is 5.53. The molecule has 1 amide bonds. The van der Waals surface area contributed by atoms with E-state index in [4.69, 9.17) is 14.9 Å². The van der Waals surface area contributed by atoms with Crippen molar-refractivity contribution < 1.29 is 13.9 Å². The molecule has 1 aromatic heterocycles. The third-order valence-corrected chi connectivity index (χ3v) is 3.85. The highest BCUT2D eigenvalue weighted by molar-refractivity contribution is 5.93. The maximum absolute atomic E-state index is 12.3. The Bertz CT molecular complexity index is 626. The molecule has 1 unspecified atom stereocenters. The van der Waals surface area contributed by atoms with E-state index < -0.39 is 0 Å². The second-order valence-electron chi connectivity index (χ2n) is 5.53. The van der Waals surface area contributed by atoms with Crippen LogP contribution >= 0.6 is 12.4 Å². The summed E-state index contributed by atoms with van der Waals surface area (Å²) < 4.78 is 11.0. The van der Waals surface area contributed by atoms with Crippen LogP contribution in [0, 0.1) is 5.92 Å². The first-order valence-electron chi connectivity index (χ1n) is 7.53. The highest BCUT2D eigenvalue weighted by Gasteiger charge is 2.32. The van der Waals surface area contributed by atoms with Crippen molar-refractivity contribution in [1.29, 1.82) is 0 Å².